The molecule has 0 spiro atoms. The zero-order valence-corrected chi connectivity index (χ0v) is 12.4. The van der Waals surface area contributed by atoms with Gasteiger partial charge >= 0.3 is 0 Å². The summed E-state index contributed by atoms with van der Waals surface area (Å²) in [5, 5.41) is 12.4. The molecule has 1 unspecified atom stereocenters. The molecular weight excluding hydrogens is 314 g/mol. The summed E-state index contributed by atoms with van der Waals surface area (Å²) in [4.78, 5) is 11.9. The number of hydrogen-bond acceptors (Lipinski definition) is 4. The van der Waals surface area contributed by atoms with E-state index >= 15 is 0 Å². The van der Waals surface area contributed by atoms with Crippen LogP contribution >= 0.6 is 15.9 Å². The van der Waals surface area contributed by atoms with E-state index < -0.39 is 5.79 Å². The lowest BCUT2D eigenvalue weighted by molar-refractivity contribution is -0.137. The Hall–Kier alpha value is -1.11. The fourth-order valence-corrected chi connectivity index (χ4v) is 2.21. The van der Waals surface area contributed by atoms with Crippen LogP contribution in [0.15, 0.2) is 22.7 Å². The molecule has 1 aliphatic heterocycles. The van der Waals surface area contributed by atoms with Crippen LogP contribution in [0.1, 0.15) is 24.2 Å². The van der Waals surface area contributed by atoms with E-state index in [1.54, 1.807) is 12.1 Å². The number of hydrogen-bond donors (Lipinski definition) is 2. The van der Waals surface area contributed by atoms with Crippen LogP contribution < -0.4 is 5.32 Å². The third-order valence-corrected chi connectivity index (χ3v) is 3.26. The highest BCUT2D eigenvalue weighted by Gasteiger charge is 2.32. The molecule has 1 aliphatic rings. The molecule has 19 heavy (non-hydrogen) atoms. The summed E-state index contributed by atoms with van der Waals surface area (Å²) in [6.07, 6.45) is -0.170. The van der Waals surface area contributed by atoms with E-state index in [1.807, 2.05) is 13.8 Å². The highest BCUT2D eigenvalue weighted by molar-refractivity contribution is 9.10. The van der Waals surface area contributed by atoms with Crippen molar-refractivity contribution in [2.45, 2.75) is 25.7 Å². The SMILES string of the molecule is CC1(C)OCC(CNC(=O)c2ccc(Br)cc2O)O1. The number of halogens is 1. The Morgan fingerprint density at radius 1 is 1.58 bits per heavy atom. The van der Waals surface area contributed by atoms with Gasteiger partial charge in [0, 0.05) is 11.0 Å². The third-order valence-electron chi connectivity index (χ3n) is 2.76. The number of rotatable bonds is 3. The molecule has 1 atom stereocenters. The van der Waals surface area contributed by atoms with Crippen LogP contribution in [0.25, 0.3) is 0 Å². The lowest BCUT2D eigenvalue weighted by Crippen LogP contribution is -2.34. The molecule has 1 aromatic carbocycles. The van der Waals surface area contributed by atoms with Gasteiger partial charge in [-0.2, -0.15) is 0 Å². The van der Waals surface area contributed by atoms with Gasteiger partial charge in [-0.3, -0.25) is 4.79 Å². The molecule has 1 amide bonds. The smallest absolute Gasteiger partial charge is 0.255 e. The summed E-state index contributed by atoms with van der Waals surface area (Å²) in [6.45, 7) is 4.45. The summed E-state index contributed by atoms with van der Waals surface area (Å²) < 4.78 is 11.7. The minimum absolute atomic E-state index is 0.0594. The van der Waals surface area contributed by atoms with Gasteiger partial charge < -0.3 is 19.9 Å². The Bertz CT molecular complexity index is 490. The largest absolute Gasteiger partial charge is 0.507 e. The molecule has 1 aromatic rings. The van der Waals surface area contributed by atoms with Crippen molar-refractivity contribution >= 4 is 21.8 Å². The van der Waals surface area contributed by atoms with Crippen molar-refractivity contribution in [3.63, 3.8) is 0 Å². The van der Waals surface area contributed by atoms with Crippen molar-refractivity contribution in [3.05, 3.63) is 28.2 Å². The number of amides is 1. The fraction of sp³-hybridized carbons (Fsp3) is 0.462. The Kier molecular flexibility index (Phi) is 4.13. The normalized spacial score (nSPS) is 21.3. The minimum Gasteiger partial charge on any atom is -0.507 e. The lowest BCUT2D eigenvalue weighted by atomic mass is 10.2. The van der Waals surface area contributed by atoms with Gasteiger partial charge in [-0.25, -0.2) is 0 Å². The molecule has 0 saturated carbocycles. The average Bonchev–Trinajstić information content (AvgIpc) is 2.66. The highest BCUT2D eigenvalue weighted by Crippen LogP contribution is 2.23. The van der Waals surface area contributed by atoms with Crippen LogP contribution in [0.2, 0.25) is 0 Å². The van der Waals surface area contributed by atoms with Gasteiger partial charge in [-0.05, 0) is 32.0 Å². The number of carbonyl (C=O) groups is 1. The van der Waals surface area contributed by atoms with Crippen molar-refractivity contribution < 1.29 is 19.4 Å². The molecule has 2 N–H and O–H groups in total. The van der Waals surface area contributed by atoms with E-state index in [0.717, 1.165) is 4.47 Å². The fourth-order valence-electron chi connectivity index (χ4n) is 1.86. The number of phenols is 1. The number of carbonyl (C=O) groups excluding carboxylic acids is 1. The number of aromatic hydroxyl groups is 1. The summed E-state index contributed by atoms with van der Waals surface area (Å²) in [6, 6.07) is 4.74. The summed E-state index contributed by atoms with van der Waals surface area (Å²) in [5.74, 6) is -0.996. The molecule has 0 aromatic heterocycles. The Morgan fingerprint density at radius 3 is 2.89 bits per heavy atom. The van der Waals surface area contributed by atoms with Gasteiger partial charge in [0.1, 0.15) is 11.9 Å². The molecule has 1 heterocycles. The van der Waals surface area contributed by atoms with Gasteiger partial charge in [0.05, 0.1) is 12.2 Å². The molecule has 0 bridgehead atoms. The predicted molar refractivity (Wildman–Crippen MR) is 73.0 cm³/mol. The second-order valence-electron chi connectivity index (χ2n) is 4.82. The maximum absolute atomic E-state index is 11.9. The van der Waals surface area contributed by atoms with Gasteiger partial charge in [0.2, 0.25) is 0 Å². The summed E-state index contributed by atoms with van der Waals surface area (Å²) >= 11 is 3.22. The predicted octanol–water partition coefficient (Wildman–Crippen LogP) is 2.04. The molecule has 1 fully saturated rings. The Labute approximate surface area is 120 Å². The Morgan fingerprint density at radius 2 is 2.32 bits per heavy atom. The maximum atomic E-state index is 11.9. The first-order valence-electron chi connectivity index (χ1n) is 5.96. The number of phenolic OH excluding ortho intramolecular Hbond substituents is 1. The molecule has 1 saturated heterocycles. The van der Waals surface area contributed by atoms with Crippen molar-refractivity contribution in [1.29, 1.82) is 0 Å². The molecule has 6 heteroatoms. The Balaban J connectivity index is 1.91. The molecule has 104 valence electrons. The van der Waals surface area contributed by atoms with E-state index in [1.165, 1.54) is 6.07 Å². The van der Waals surface area contributed by atoms with Crippen molar-refractivity contribution in [1.82, 2.24) is 5.32 Å². The third kappa shape index (κ3) is 3.68. The topological polar surface area (TPSA) is 67.8 Å². The minimum atomic E-state index is -0.602. The number of benzene rings is 1. The standard InChI is InChI=1S/C13H16BrNO4/c1-13(2)18-7-9(19-13)6-15-12(17)10-4-3-8(14)5-11(10)16/h3-5,9,16H,6-7H2,1-2H3,(H,15,17). The van der Waals surface area contributed by atoms with Gasteiger partial charge in [-0.1, -0.05) is 15.9 Å². The van der Waals surface area contributed by atoms with Crippen LogP contribution in [-0.4, -0.2) is 36.1 Å². The van der Waals surface area contributed by atoms with Crippen molar-refractivity contribution in [2.24, 2.45) is 0 Å². The van der Waals surface area contributed by atoms with Crippen LogP contribution in [0, 0.1) is 0 Å². The van der Waals surface area contributed by atoms with Crippen LogP contribution in [0.3, 0.4) is 0 Å². The van der Waals surface area contributed by atoms with Gasteiger partial charge in [-0.15, -0.1) is 0 Å². The van der Waals surface area contributed by atoms with Gasteiger partial charge in [0.15, 0.2) is 5.79 Å². The monoisotopic (exact) mass is 329 g/mol. The van der Waals surface area contributed by atoms with E-state index in [9.17, 15) is 9.90 Å². The first-order valence-corrected chi connectivity index (χ1v) is 6.75. The van der Waals surface area contributed by atoms with Crippen LogP contribution in [-0.2, 0) is 9.47 Å². The molecule has 2 rings (SSSR count). The lowest BCUT2D eigenvalue weighted by Gasteiger charge is -2.17. The quantitative estimate of drug-likeness (QED) is 0.890. The second kappa shape index (κ2) is 5.48. The van der Waals surface area contributed by atoms with Crippen molar-refractivity contribution in [3.8, 4) is 5.75 Å². The van der Waals surface area contributed by atoms with E-state index in [2.05, 4.69) is 21.2 Å². The van der Waals surface area contributed by atoms with E-state index in [-0.39, 0.29) is 23.3 Å². The highest BCUT2D eigenvalue weighted by atomic mass is 79.9. The van der Waals surface area contributed by atoms with Gasteiger partial charge in [0.25, 0.3) is 5.91 Å². The number of ether oxygens (including phenoxy) is 2. The van der Waals surface area contributed by atoms with Crippen LogP contribution in [0.5, 0.6) is 5.75 Å². The first-order chi connectivity index (χ1) is 8.87. The van der Waals surface area contributed by atoms with E-state index in [0.29, 0.717) is 13.2 Å². The van der Waals surface area contributed by atoms with Crippen LogP contribution in [0.4, 0.5) is 0 Å². The second-order valence-corrected chi connectivity index (χ2v) is 5.74. The average molecular weight is 330 g/mol. The summed E-state index contributed by atoms with van der Waals surface area (Å²) in [5.41, 5.74) is 0.237. The molecule has 5 nitrogen and oxygen atoms in total. The zero-order chi connectivity index (χ0) is 14.0. The number of nitrogens with one attached hydrogen (secondary N) is 1. The maximum Gasteiger partial charge on any atom is 0.255 e. The molecule has 0 radical (unpaired) electrons. The van der Waals surface area contributed by atoms with Crippen molar-refractivity contribution in [2.75, 3.05) is 13.2 Å². The molecule has 0 aliphatic carbocycles. The first kappa shape index (κ1) is 14.3. The zero-order valence-electron chi connectivity index (χ0n) is 10.8. The molecular formula is C13H16BrNO4. The summed E-state index contributed by atoms with van der Waals surface area (Å²) in [7, 11) is 0. The van der Waals surface area contributed by atoms with E-state index in [4.69, 9.17) is 9.47 Å².